The van der Waals surface area contributed by atoms with Crippen LogP contribution in [-0.2, 0) is 6.54 Å². The third-order valence-corrected chi connectivity index (χ3v) is 0.944. The highest BCUT2D eigenvalue weighted by Gasteiger charge is 1.98. The van der Waals surface area contributed by atoms with Crippen LogP contribution in [0.3, 0.4) is 0 Å². The summed E-state index contributed by atoms with van der Waals surface area (Å²) in [5.41, 5.74) is 5.82. The van der Waals surface area contributed by atoms with Crippen molar-refractivity contribution in [2.75, 3.05) is 0 Å². The molecule has 3 nitrogen and oxygen atoms in total. The van der Waals surface area contributed by atoms with Crippen LogP contribution in [0.4, 0.5) is 0 Å². The summed E-state index contributed by atoms with van der Waals surface area (Å²) in [6.07, 6.45) is 1.40. The second kappa shape index (κ2) is 1.88. The van der Waals surface area contributed by atoms with Crippen LogP contribution in [0.1, 0.15) is 5.56 Å². The van der Waals surface area contributed by atoms with E-state index in [-0.39, 0.29) is 5.95 Å². The van der Waals surface area contributed by atoms with Crippen molar-refractivity contribution in [3.63, 3.8) is 0 Å². The molecule has 0 amide bonds. The van der Waals surface area contributed by atoms with Crippen molar-refractivity contribution in [2.45, 2.75) is 6.54 Å². The van der Waals surface area contributed by atoms with Crippen LogP contribution >= 0.6 is 0 Å². The van der Waals surface area contributed by atoms with Gasteiger partial charge in [0.1, 0.15) is 0 Å². The highest BCUT2D eigenvalue weighted by Crippen LogP contribution is 2.15. The molecule has 0 radical (unpaired) electrons. The number of rotatable bonds is 1. The zero-order chi connectivity index (χ0) is 5.98. The van der Waals surface area contributed by atoms with Crippen molar-refractivity contribution in [3.8, 4) is 5.95 Å². The monoisotopic (exact) mass is 113 g/mol. The maximum atomic E-state index is 8.70. The number of hydrogen-bond acceptors (Lipinski definition) is 3. The second-order valence-corrected chi connectivity index (χ2v) is 1.46. The molecule has 0 spiro atoms. The molecule has 0 aliphatic carbocycles. The summed E-state index contributed by atoms with van der Waals surface area (Å²) in [5, 5.41) is 8.70. The summed E-state index contributed by atoms with van der Waals surface area (Å²) in [6, 6.07) is 1.63. The summed E-state index contributed by atoms with van der Waals surface area (Å²) in [7, 11) is 0. The van der Waals surface area contributed by atoms with E-state index in [0.717, 1.165) is 0 Å². The molecule has 0 unspecified atom stereocenters. The zero-order valence-corrected chi connectivity index (χ0v) is 4.29. The number of nitrogens with two attached hydrogens (primary N) is 1. The van der Waals surface area contributed by atoms with E-state index in [2.05, 4.69) is 4.42 Å². The molecule has 1 heterocycles. The van der Waals surface area contributed by atoms with Crippen molar-refractivity contribution >= 4 is 0 Å². The molecular formula is C5H7NO2. The first-order valence-corrected chi connectivity index (χ1v) is 2.30. The normalized spacial score (nSPS) is 9.62. The lowest BCUT2D eigenvalue weighted by Gasteiger charge is -1.85. The first-order valence-electron chi connectivity index (χ1n) is 2.30. The Balaban J connectivity index is 2.92. The van der Waals surface area contributed by atoms with Gasteiger partial charge in [0.15, 0.2) is 0 Å². The second-order valence-electron chi connectivity index (χ2n) is 1.46. The molecule has 3 N–H and O–H groups in total. The number of hydrogen-bond donors (Lipinski definition) is 2. The highest BCUT2D eigenvalue weighted by molar-refractivity contribution is 5.19. The molecule has 0 saturated heterocycles. The Bertz CT molecular complexity index is 171. The largest absolute Gasteiger partial charge is 0.480 e. The van der Waals surface area contributed by atoms with Gasteiger partial charge in [0, 0.05) is 12.1 Å². The third-order valence-electron chi connectivity index (χ3n) is 0.944. The van der Waals surface area contributed by atoms with E-state index in [9.17, 15) is 0 Å². The molecule has 1 aromatic heterocycles. The molecular weight excluding hydrogens is 106 g/mol. The third kappa shape index (κ3) is 0.675. The van der Waals surface area contributed by atoms with Gasteiger partial charge in [-0.2, -0.15) is 0 Å². The Labute approximate surface area is 46.7 Å². The topological polar surface area (TPSA) is 59.4 Å². The van der Waals surface area contributed by atoms with Crippen LogP contribution in [0, 0.1) is 0 Å². The maximum absolute atomic E-state index is 8.70. The minimum atomic E-state index is -0.0764. The molecule has 8 heavy (non-hydrogen) atoms. The number of furan rings is 1. The van der Waals surface area contributed by atoms with Crippen LogP contribution in [0.2, 0.25) is 0 Å². The van der Waals surface area contributed by atoms with Crippen molar-refractivity contribution < 1.29 is 9.52 Å². The summed E-state index contributed by atoms with van der Waals surface area (Å²) >= 11 is 0. The van der Waals surface area contributed by atoms with Crippen molar-refractivity contribution in [1.82, 2.24) is 0 Å². The van der Waals surface area contributed by atoms with Crippen molar-refractivity contribution in [1.29, 1.82) is 0 Å². The smallest absolute Gasteiger partial charge is 0.286 e. The minimum absolute atomic E-state index is 0.0764. The van der Waals surface area contributed by atoms with E-state index >= 15 is 0 Å². The van der Waals surface area contributed by atoms with E-state index in [1.165, 1.54) is 6.26 Å². The van der Waals surface area contributed by atoms with E-state index in [0.29, 0.717) is 12.1 Å². The van der Waals surface area contributed by atoms with Gasteiger partial charge >= 0.3 is 0 Å². The van der Waals surface area contributed by atoms with Gasteiger partial charge in [-0.25, -0.2) is 0 Å². The Morgan fingerprint density at radius 2 is 2.50 bits per heavy atom. The zero-order valence-electron chi connectivity index (χ0n) is 4.29. The van der Waals surface area contributed by atoms with Crippen LogP contribution < -0.4 is 5.73 Å². The number of aromatic hydroxyl groups is 1. The van der Waals surface area contributed by atoms with Gasteiger partial charge in [0.25, 0.3) is 5.95 Å². The van der Waals surface area contributed by atoms with Crippen LogP contribution in [0.5, 0.6) is 5.95 Å². The van der Waals surface area contributed by atoms with Crippen molar-refractivity contribution in [3.05, 3.63) is 17.9 Å². The molecule has 0 atom stereocenters. The molecule has 0 saturated carbocycles. The average molecular weight is 113 g/mol. The fourth-order valence-corrected chi connectivity index (χ4v) is 0.483. The Kier molecular flexibility index (Phi) is 1.22. The van der Waals surface area contributed by atoms with Crippen LogP contribution in [0.15, 0.2) is 16.7 Å². The van der Waals surface area contributed by atoms with Crippen LogP contribution in [0.25, 0.3) is 0 Å². The molecule has 0 bridgehead atoms. The van der Waals surface area contributed by atoms with Gasteiger partial charge < -0.3 is 15.3 Å². The molecule has 0 aromatic carbocycles. The molecule has 0 fully saturated rings. The van der Waals surface area contributed by atoms with Gasteiger partial charge in [-0.3, -0.25) is 0 Å². The van der Waals surface area contributed by atoms with E-state index in [4.69, 9.17) is 10.8 Å². The fraction of sp³-hybridized carbons (Fsp3) is 0.200. The predicted molar refractivity (Wildman–Crippen MR) is 28.3 cm³/mol. The lowest BCUT2D eigenvalue weighted by atomic mass is 10.3. The highest BCUT2D eigenvalue weighted by atomic mass is 16.5. The summed E-state index contributed by atoms with van der Waals surface area (Å²) in [5.74, 6) is -0.0764. The van der Waals surface area contributed by atoms with Gasteiger partial charge in [-0.05, 0) is 6.07 Å². The Hall–Kier alpha value is -0.960. The molecule has 1 aromatic rings. The average Bonchev–Trinajstić information content (AvgIpc) is 2.14. The van der Waals surface area contributed by atoms with Gasteiger partial charge in [0.05, 0.1) is 6.26 Å². The van der Waals surface area contributed by atoms with Gasteiger partial charge in [0.2, 0.25) is 0 Å². The molecule has 3 heteroatoms. The van der Waals surface area contributed by atoms with Gasteiger partial charge in [-0.15, -0.1) is 0 Å². The molecule has 1 rings (SSSR count). The predicted octanol–water partition coefficient (Wildman–Crippen LogP) is 0.444. The van der Waals surface area contributed by atoms with Crippen LogP contribution in [-0.4, -0.2) is 5.11 Å². The van der Waals surface area contributed by atoms with Gasteiger partial charge in [-0.1, -0.05) is 0 Å². The maximum Gasteiger partial charge on any atom is 0.286 e. The first-order chi connectivity index (χ1) is 3.84. The first kappa shape index (κ1) is 5.18. The lowest BCUT2D eigenvalue weighted by molar-refractivity contribution is 0.328. The van der Waals surface area contributed by atoms with E-state index in [1.54, 1.807) is 6.07 Å². The molecule has 44 valence electrons. The minimum Gasteiger partial charge on any atom is -0.480 e. The SMILES string of the molecule is NCc1ccoc1O. The summed E-state index contributed by atoms with van der Waals surface area (Å²) < 4.78 is 4.53. The molecule has 0 aliphatic heterocycles. The fourth-order valence-electron chi connectivity index (χ4n) is 0.483. The molecule has 0 aliphatic rings. The summed E-state index contributed by atoms with van der Waals surface area (Å²) in [4.78, 5) is 0. The Morgan fingerprint density at radius 1 is 1.75 bits per heavy atom. The quantitative estimate of drug-likeness (QED) is 0.555. The van der Waals surface area contributed by atoms with Crippen molar-refractivity contribution in [2.24, 2.45) is 5.73 Å². The van der Waals surface area contributed by atoms with E-state index < -0.39 is 0 Å². The van der Waals surface area contributed by atoms with E-state index in [1.807, 2.05) is 0 Å². The Morgan fingerprint density at radius 3 is 2.75 bits per heavy atom. The summed E-state index contributed by atoms with van der Waals surface area (Å²) in [6.45, 7) is 0.322. The lowest BCUT2D eigenvalue weighted by Crippen LogP contribution is -1.93. The standard InChI is InChI=1S/C5H7NO2/c6-3-4-1-2-8-5(4)7/h1-2,7H,3,6H2.